The number of rotatable bonds is 4. The van der Waals surface area contributed by atoms with Gasteiger partial charge in [-0.3, -0.25) is 4.90 Å². The lowest BCUT2D eigenvalue weighted by atomic mass is 9.99. The van der Waals surface area contributed by atoms with Crippen LogP contribution in [0.4, 0.5) is 0 Å². The topological polar surface area (TPSA) is 33.5 Å². The SMILES string of the molecule is CN(C)CC1CN(CC2CCOCC2)Cc2nccn2C1. The van der Waals surface area contributed by atoms with E-state index in [2.05, 4.69) is 39.6 Å². The van der Waals surface area contributed by atoms with Crippen molar-refractivity contribution in [1.82, 2.24) is 19.4 Å². The Bertz CT molecular complexity index is 439. The number of ether oxygens (including phenoxy) is 1. The molecule has 5 heteroatoms. The molecule has 0 aromatic carbocycles. The minimum Gasteiger partial charge on any atom is -0.381 e. The number of hydrogen-bond acceptors (Lipinski definition) is 4. The average Bonchev–Trinajstić information content (AvgIpc) is 2.80. The summed E-state index contributed by atoms with van der Waals surface area (Å²) in [6.07, 6.45) is 6.50. The largest absolute Gasteiger partial charge is 0.381 e. The van der Waals surface area contributed by atoms with E-state index in [1.54, 1.807) is 0 Å². The van der Waals surface area contributed by atoms with E-state index in [4.69, 9.17) is 4.74 Å². The summed E-state index contributed by atoms with van der Waals surface area (Å²) < 4.78 is 7.83. The fraction of sp³-hybridized carbons (Fsp3) is 0.812. The summed E-state index contributed by atoms with van der Waals surface area (Å²) >= 11 is 0. The van der Waals surface area contributed by atoms with Crippen molar-refractivity contribution in [3.05, 3.63) is 18.2 Å². The van der Waals surface area contributed by atoms with Gasteiger partial charge in [-0.1, -0.05) is 0 Å². The van der Waals surface area contributed by atoms with Gasteiger partial charge in [0.05, 0.1) is 6.54 Å². The lowest BCUT2D eigenvalue weighted by Crippen LogP contribution is -2.37. The van der Waals surface area contributed by atoms with E-state index in [0.717, 1.165) is 38.8 Å². The van der Waals surface area contributed by atoms with Crippen LogP contribution in [0.1, 0.15) is 18.7 Å². The lowest BCUT2D eigenvalue weighted by Gasteiger charge is -2.30. The van der Waals surface area contributed by atoms with Crippen LogP contribution in [0.25, 0.3) is 0 Å². The zero-order chi connectivity index (χ0) is 14.7. The highest BCUT2D eigenvalue weighted by molar-refractivity contribution is 4.96. The van der Waals surface area contributed by atoms with Crippen molar-refractivity contribution >= 4 is 0 Å². The third-order valence-electron chi connectivity index (χ3n) is 4.62. The highest BCUT2D eigenvalue weighted by Crippen LogP contribution is 2.21. The molecule has 1 unspecified atom stereocenters. The van der Waals surface area contributed by atoms with Gasteiger partial charge in [-0.15, -0.1) is 0 Å². The second-order valence-electron chi connectivity index (χ2n) is 6.87. The molecular formula is C16H28N4O. The Hall–Kier alpha value is -0.910. The monoisotopic (exact) mass is 292 g/mol. The Kier molecular flexibility index (Phi) is 4.93. The number of nitrogens with zero attached hydrogens (tertiary/aromatic N) is 4. The molecule has 1 saturated heterocycles. The van der Waals surface area contributed by atoms with Crippen LogP contribution in [0.3, 0.4) is 0 Å². The van der Waals surface area contributed by atoms with E-state index in [1.807, 2.05) is 6.20 Å². The first-order chi connectivity index (χ1) is 10.2. The minimum absolute atomic E-state index is 0.676. The van der Waals surface area contributed by atoms with E-state index < -0.39 is 0 Å². The Morgan fingerprint density at radius 3 is 2.81 bits per heavy atom. The van der Waals surface area contributed by atoms with Crippen LogP contribution in [0.15, 0.2) is 12.4 Å². The van der Waals surface area contributed by atoms with E-state index in [9.17, 15) is 0 Å². The van der Waals surface area contributed by atoms with Gasteiger partial charge < -0.3 is 14.2 Å². The summed E-state index contributed by atoms with van der Waals surface area (Å²) in [5.74, 6) is 2.69. The van der Waals surface area contributed by atoms with Crippen molar-refractivity contribution in [2.24, 2.45) is 11.8 Å². The third kappa shape index (κ3) is 4.05. The molecule has 118 valence electrons. The van der Waals surface area contributed by atoms with Gasteiger partial charge in [-0.2, -0.15) is 0 Å². The number of aromatic nitrogens is 2. The molecule has 0 N–H and O–H groups in total. The molecule has 0 spiro atoms. The summed E-state index contributed by atoms with van der Waals surface area (Å²) in [6.45, 7) is 7.48. The molecule has 0 amide bonds. The molecule has 0 aliphatic carbocycles. The van der Waals surface area contributed by atoms with Crippen LogP contribution < -0.4 is 0 Å². The standard InChI is InChI=1S/C16H28N4O/c1-18(2)9-15-11-19(10-14-3-7-21-8-4-14)13-16-17-5-6-20(16)12-15/h5-6,14-15H,3-4,7-13H2,1-2H3. The maximum absolute atomic E-state index is 5.49. The fourth-order valence-corrected chi connectivity index (χ4v) is 3.69. The fourth-order valence-electron chi connectivity index (χ4n) is 3.69. The predicted molar refractivity (Wildman–Crippen MR) is 83.1 cm³/mol. The molecule has 1 aromatic rings. The molecule has 2 aliphatic rings. The Morgan fingerprint density at radius 1 is 1.24 bits per heavy atom. The zero-order valence-corrected chi connectivity index (χ0v) is 13.4. The summed E-state index contributed by atoms with van der Waals surface area (Å²) in [6, 6.07) is 0. The molecule has 1 atom stereocenters. The molecular weight excluding hydrogens is 264 g/mol. The van der Waals surface area contributed by atoms with Crippen LogP contribution in [0.5, 0.6) is 0 Å². The Labute approximate surface area is 127 Å². The second kappa shape index (κ2) is 6.90. The molecule has 5 nitrogen and oxygen atoms in total. The summed E-state index contributed by atoms with van der Waals surface area (Å²) in [4.78, 5) is 9.48. The van der Waals surface area contributed by atoms with Crippen molar-refractivity contribution < 1.29 is 4.74 Å². The normalized spacial score (nSPS) is 25.0. The van der Waals surface area contributed by atoms with Crippen LogP contribution in [0.2, 0.25) is 0 Å². The van der Waals surface area contributed by atoms with Crippen LogP contribution in [0, 0.1) is 11.8 Å². The van der Waals surface area contributed by atoms with Crippen molar-refractivity contribution in [3.63, 3.8) is 0 Å². The van der Waals surface area contributed by atoms with Crippen molar-refractivity contribution in [1.29, 1.82) is 0 Å². The molecule has 3 rings (SSSR count). The van der Waals surface area contributed by atoms with Gasteiger partial charge in [0.2, 0.25) is 0 Å². The number of fused-ring (bicyclic) bond motifs is 1. The summed E-state index contributed by atoms with van der Waals surface area (Å²) in [5.41, 5.74) is 0. The van der Waals surface area contributed by atoms with E-state index in [0.29, 0.717) is 5.92 Å². The van der Waals surface area contributed by atoms with Gasteiger partial charge in [0.15, 0.2) is 0 Å². The smallest absolute Gasteiger partial charge is 0.122 e. The first-order valence-corrected chi connectivity index (χ1v) is 8.15. The predicted octanol–water partition coefficient (Wildman–Crippen LogP) is 1.30. The van der Waals surface area contributed by atoms with Gasteiger partial charge in [0.25, 0.3) is 0 Å². The molecule has 2 aliphatic heterocycles. The quantitative estimate of drug-likeness (QED) is 0.838. The first-order valence-electron chi connectivity index (χ1n) is 8.15. The van der Waals surface area contributed by atoms with Gasteiger partial charge in [-0.05, 0) is 32.9 Å². The highest BCUT2D eigenvalue weighted by atomic mass is 16.5. The van der Waals surface area contributed by atoms with Crippen LogP contribution in [-0.4, -0.2) is 66.3 Å². The number of imidazole rings is 1. The molecule has 0 saturated carbocycles. The van der Waals surface area contributed by atoms with Gasteiger partial charge in [0, 0.05) is 57.7 Å². The number of hydrogen-bond donors (Lipinski definition) is 0. The summed E-state index contributed by atoms with van der Waals surface area (Å²) in [5, 5.41) is 0. The second-order valence-corrected chi connectivity index (χ2v) is 6.87. The van der Waals surface area contributed by atoms with Crippen molar-refractivity contribution in [2.75, 3.05) is 46.9 Å². The Balaban J connectivity index is 1.67. The van der Waals surface area contributed by atoms with Crippen molar-refractivity contribution in [3.8, 4) is 0 Å². The maximum atomic E-state index is 5.49. The average molecular weight is 292 g/mol. The van der Waals surface area contributed by atoms with Crippen molar-refractivity contribution in [2.45, 2.75) is 25.9 Å². The molecule has 1 aromatic heterocycles. The highest BCUT2D eigenvalue weighted by Gasteiger charge is 2.25. The minimum atomic E-state index is 0.676. The molecule has 0 bridgehead atoms. The first kappa shape index (κ1) is 15.0. The maximum Gasteiger partial charge on any atom is 0.122 e. The van der Waals surface area contributed by atoms with E-state index in [-0.39, 0.29) is 0 Å². The van der Waals surface area contributed by atoms with E-state index in [1.165, 1.54) is 31.8 Å². The van der Waals surface area contributed by atoms with Gasteiger partial charge in [0.1, 0.15) is 5.82 Å². The molecule has 3 heterocycles. The Morgan fingerprint density at radius 2 is 2.05 bits per heavy atom. The molecule has 1 fully saturated rings. The van der Waals surface area contributed by atoms with Crippen LogP contribution >= 0.6 is 0 Å². The molecule has 21 heavy (non-hydrogen) atoms. The summed E-state index contributed by atoms with van der Waals surface area (Å²) in [7, 11) is 4.34. The van der Waals surface area contributed by atoms with Gasteiger partial charge in [-0.25, -0.2) is 4.98 Å². The lowest BCUT2D eigenvalue weighted by molar-refractivity contribution is 0.0486. The molecule has 0 radical (unpaired) electrons. The zero-order valence-electron chi connectivity index (χ0n) is 13.4. The van der Waals surface area contributed by atoms with Crippen LogP contribution in [-0.2, 0) is 17.8 Å². The van der Waals surface area contributed by atoms with E-state index >= 15 is 0 Å². The third-order valence-corrected chi connectivity index (χ3v) is 4.62. The van der Waals surface area contributed by atoms with Gasteiger partial charge >= 0.3 is 0 Å².